The van der Waals surface area contributed by atoms with E-state index in [4.69, 9.17) is 0 Å². The molecule has 0 aliphatic rings. The fraction of sp³-hybridized carbons (Fsp3) is 0.200. The smallest absolute Gasteiger partial charge is 0.259 e. The number of aryl methyl sites for hydroxylation is 1. The quantitative estimate of drug-likeness (QED) is 0.801. The fourth-order valence-electron chi connectivity index (χ4n) is 2.85. The molecule has 0 radical (unpaired) electrons. The van der Waals surface area contributed by atoms with E-state index in [2.05, 4.69) is 27.0 Å². The standard InChI is InChI=1S/C20H21N3O/c1-14-18(16-9-5-4-6-10-16)20(24)22-19(21-14)17-11-7-8-15(12-17)13-23(2)3/h4-12H,13H2,1-3H3,(H,21,22,24). The van der Waals surface area contributed by atoms with E-state index in [9.17, 15) is 4.79 Å². The molecule has 0 fully saturated rings. The van der Waals surface area contributed by atoms with E-state index >= 15 is 0 Å². The number of rotatable bonds is 4. The second-order valence-corrected chi connectivity index (χ2v) is 6.18. The molecule has 1 heterocycles. The summed E-state index contributed by atoms with van der Waals surface area (Å²) in [4.78, 5) is 22.3. The Morgan fingerprint density at radius 1 is 1.00 bits per heavy atom. The molecule has 1 aromatic heterocycles. The van der Waals surface area contributed by atoms with Crippen LogP contribution in [0.3, 0.4) is 0 Å². The van der Waals surface area contributed by atoms with Crippen LogP contribution in [0.5, 0.6) is 0 Å². The molecule has 24 heavy (non-hydrogen) atoms. The predicted molar refractivity (Wildman–Crippen MR) is 97.9 cm³/mol. The van der Waals surface area contributed by atoms with Gasteiger partial charge >= 0.3 is 0 Å². The van der Waals surface area contributed by atoms with Gasteiger partial charge in [-0.2, -0.15) is 0 Å². The Morgan fingerprint density at radius 2 is 1.71 bits per heavy atom. The summed E-state index contributed by atoms with van der Waals surface area (Å²) >= 11 is 0. The first-order valence-electron chi connectivity index (χ1n) is 7.95. The van der Waals surface area contributed by atoms with Crippen molar-refractivity contribution < 1.29 is 0 Å². The SMILES string of the molecule is Cc1nc(-c2cccc(CN(C)C)c2)[nH]c(=O)c1-c1ccccc1. The first-order valence-corrected chi connectivity index (χ1v) is 7.95. The molecule has 0 saturated carbocycles. The average Bonchev–Trinajstić information content (AvgIpc) is 2.55. The van der Waals surface area contributed by atoms with Gasteiger partial charge in [-0.1, -0.05) is 48.5 Å². The monoisotopic (exact) mass is 319 g/mol. The van der Waals surface area contributed by atoms with E-state index in [0.29, 0.717) is 11.4 Å². The molecular weight excluding hydrogens is 298 g/mol. The number of nitrogens with one attached hydrogen (secondary N) is 1. The zero-order chi connectivity index (χ0) is 17.1. The molecule has 0 aliphatic carbocycles. The van der Waals surface area contributed by atoms with Gasteiger partial charge in [0, 0.05) is 12.1 Å². The molecule has 0 aliphatic heterocycles. The number of aromatic nitrogens is 2. The van der Waals surface area contributed by atoms with E-state index < -0.39 is 0 Å². The molecule has 0 spiro atoms. The van der Waals surface area contributed by atoms with Crippen molar-refractivity contribution in [2.45, 2.75) is 13.5 Å². The first-order chi connectivity index (χ1) is 11.5. The fourth-order valence-corrected chi connectivity index (χ4v) is 2.85. The number of H-pyrrole nitrogens is 1. The summed E-state index contributed by atoms with van der Waals surface area (Å²) in [6, 6.07) is 17.7. The maximum absolute atomic E-state index is 12.6. The lowest BCUT2D eigenvalue weighted by Crippen LogP contribution is -2.14. The van der Waals surface area contributed by atoms with Gasteiger partial charge in [-0.25, -0.2) is 4.98 Å². The summed E-state index contributed by atoms with van der Waals surface area (Å²) in [6.45, 7) is 2.73. The Morgan fingerprint density at radius 3 is 2.38 bits per heavy atom. The van der Waals surface area contributed by atoms with Crippen LogP contribution >= 0.6 is 0 Å². The first kappa shape index (κ1) is 16.1. The van der Waals surface area contributed by atoms with Gasteiger partial charge < -0.3 is 9.88 Å². The lowest BCUT2D eigenvalue weighted by molar-refractivity contribution is 0.402. The van der Waals surface area contributed by atoms with Crippen LogP contribution in [0.4, 0.5) is 0 Å². The molecule has 0 saturated heterocycles. The molecule has 3 rings (SSSR count). The third-order valence-electron chi connectivity index (χ3n) is 3.86. The number of benzene rings is 2. The molecular formula is C20H21N3O. The van der Waals surface area contributed by atoms with E-state index in [1.54, 1.807) is 0 Å². The molecule has 0 amide bonds. The maximum Gasteiger partial charge on any atom is 0.259 e. The van der Waals surface area contributed by atoms with Crippen molar-refractivity contribution in [1.29, 1.82) is 0 Å². The van der Waals surface area contributed by atoms with Crippen LogP contribution in [0.1, 0.15) is 11.3 Å². The van der Waals surface area contributed by atoms with Crippen LogP contribution in [0.2, 0.25) is 0 Å². The topological polar surface area (TPSA) is 49.0 Å². The van der Waals surface area contributed by atoms with Gasteiger partial charge in [-0.05, 0) is 38.2 Å². The molecule has 0 bridgehead atoms. The lowest BCUT2D eigenvalue weighted by atomic mass is 10.1. The van der Waals surface area contributed by atoms with Gasteiger partial charge in [0.1, 0.15) is 5.82 Å². The molecule has 3 aromatic rings. The van der Waals surface area contributed by atoms with Crippen LogP contribution in [-0.4, -0.2) is 29.0 Å². The summed E-state index contributed by atoms with van der Waals surface area (Å²) in [5.41, 5.74) is 4.25. The predicted octanol–water partition coefficient (Wildman–Crippen LogP) is 3.47. The summed E-state index contributed by atoms with van der Waals surface area (Å²) in [5, 5.41) is 0. The second kappa shape index (κ2) is 6.81. The van der Waals surface area contributed by atoms with Crippen molar-refractivity contribution in [2.24, 2.45) is 0 Å². The van der Waals surface area contributed by atoms with Gasteiger partial charge in [0.25, 0.3) is 5.56 Å². The van der Waals surface area contributed by atoms with Gasteiger partial charge in [0.15, 0.2) is 0 Å². The van der Waals surface area contributed by atoms with Crippen LogP contribution in [0.25, 0.3) is 22.5 Å². The lowest BCUT2D eigenvalue weighted by Gasteiger charge is -2.11. The number of nitrogens with zero attached hydrogens (tertiary/aromatic N) is 2. The van der Waals surface area contributed by atoms with E-state index in [1.807, 2.05) is 63.5 Å². The van der Waals surface area contributed by atoms with E-state index in [1.165, 1.54) is 5.56 Å². The highest BCUT2D eigenvalue weighted by atomic mass is 16.1. The van der Waals surface area contributed by atoms with Gasteiger partial charge in [-0.15, -0.1) is 0 Å². The summed E-state index contributed by atoms with van der Waals surface area (Å²) in [6.07, 6.45) is 0. The second-order valence-electron chi connectivity index (χ2n) is 6.18. The normalized spacial score (nSPS) is 11.0. The van der Waals surface area contributed by atoms with Crippen molar-refractivity contribution in [1.82, 2.24) is 14.9 Å². The number of hydrogen-bond acceptors (Lipinski definition) is 3. The minimum absolute atomic E-state index is 0.110. The Labute approximate surface area is 141 Å². The molecule has 122 valence electrons. The van der Waals surface area contributed by atoms with Crippen molar-refractivity contribution in [2.75, 3.05) is 14.1 Å². The van der Waals surface area contributed by atoms with E-state index in [-0.39, 0.29) is 5.56 Å². The molecule has 0 atom stereocenters. The van der Waals surface area contributed by atoms with Gasteiger partial charge in [0.05, 0.1) is 11.3 Å². The number of aromatic amines is 1. The minimum Gasteiger partial charge on any atom is -0.306 e. The largest absolute Gasteiger partial charge is 0.306 e. The Bertz CT molecular complexity index is 898. The van der Waals surface area contributed by atoms with Gasteiger partial charge in [0.2, 0.25) is 0 Å². The highest BCUT2D eigenvalue weighted by Crippen LogP contribution is 2.21. The van der Waals surface area contributed by atoms with Crippen molar-refractivity contribution in [3.63, 3.8) is 0 Å². The van der Waals surface area contributed by atoms with Crippen molar-refractivity contribution >= 4 is 0 Å². The summed E-state index contributed by atoms with van der Waals surface area (Å²) in [5.74, 6) is 0.609. The molecule has 0 unspecified atom stereocenters. The molecule has 4 heteroatoms. The summed E-state index contributed by atoms with van der Waals surface area (Å²) < 4.78 is 0. The Hall–Kier alpha value is -2.72. The zero-order valence-electron chi connectivity index (χ0n) is 14.2. The van der Waals surface area contributed by atoms with E-state index in [0.717, 1.165) is 23.4 Å². The van der Waals surface area contributed by atoms with Gasteiger partial charge in [-0.3, -0.25) is 4.79 Å². The van der Waals surface area contributed by atoms with Crippen LogP contribution < -0.4 is 5.56 Å². The van der Waals surface area contributed by atoms with Crippen molar-refractivity contribution in [3.8, 4) is 22.5 Å². The minimum atomic E-state index is -0.110. The Kier molecular flexibility index (Phi) is 4.58. The molecule has 4 nitrogen and oxygen atoms in total. The molecule has 1 N–H and O–H groups in total. The summed E-state index contributed by atoms with van der Waals surface area (Å²) in [7, 11) is 4.07. The molecule has 2 aromatic carbocycles. The Balaban J connectivity index is 2.04. The third-order valence-corrected chi connectivity index (χ3v) is 3.86. The number of hydrogen-bond donors (Lipinski definition) is 1. The highest BCUT2D eigenvalue weighted by molar-refractivity contribution is 5.66. The van der Waals surface area contributed by atoms with Crippen LogP contribution in [0, 0.1) is 6.92 Å². The zero-order valence-corrected chi connectivity index (χ0v) is 14.2. The highest BCUT2D eigenvalue weighted by Gasteiger charge is 2.11. The average molecular weight is 319 g/mol. The van der Waals surface area contributed by atoms with Crippen LogP contribution in [0.15, 0.2) is 59.4 Å². The maximum atomic E-state index is 12.6. The van der Waals surface area contributed by atoms with Crippen molar-refractivity contribution in [3.05, 3.63) is 76.2 Å². The van der Waals surface area contributed by atoms with Crippen LogP contribution in [-0.2, 0) is 6.54 Å². The third kappa shape index (κ3) is 3.44.